The summed E-state index contributed by atoms with van der Waals surface area (Å²) in [6.45, 7) is 3.84. The van der Waals surface area contributed by atoms with Crippen LogP contribution in [0.25, 0.3) is 0 Å². The Kier molecular flexibility index (Phi) is 5.76. The number of rotatable bonds is 8. The maximum Gasteiger partial charge on any atom is 0.121 e. The number of nitrogens with two attached hydrogens (primary N) is 1. The van der Waals surface area contributed by atoms with Crippen molar-refractivity contribution >= 4 is 5.69 Å². The molecule has 0 bridgehead atoms. The summed E-state index contributed by atoms with van der Waals surface area (Å²) in [4.78, 5) is 0. The Morgan fingerprint density at radius 1 is 0.810 bits per heavy atom. The summed E-state index contributed by atoms with van der Waals surface area (Å²) in [5.74, 6) is 2.48. The summed E-state index contributed by atoms with van der Waals surface area (Å²) in [5, 5.41) is 0. The molecule has 21 heavy (non-hydrogen) atoms. The van der Waals surface area contributed by atoms with E-state index in [9.17, 15) is 0 Å². The van der Waals surface area contributed by atoms with Gasteiger partial charge in [0.1, 0.15) is 17.2 Å². The lowest BCUT2D eigenvalue weighted by molar-refractivity contribution is 0.247. The highest BCUT2D eigenvalue weighted by Gasteiger charge is 1.97. The molecule has 0 saturated carbocycles. The van der Waals surface area contributed by atoms with Crippen molar-refractivity contribution in [3.63, 3.8) is 0 Å². The summed E-state index contributed by atoms with van der Waals surface area (Å²) in [5.41, 5.74) is 6.39. The van der Waals surface area contributed by atoms with Crippen LogP contribution in [0.4, 0.5) is 5.69 Å². The predicted molar refractivity (Wildman–Crippen MR) is 84.1 cm³/mol. The highest BCUT2D eigenvalue weighted by molar-refractivity contribution is 5.43. The maximum absolute atomic E-state index is 5.68. The van der Waals surface area contributed by atoms with Gasteiger partial charge in [0, 0.05) is 18.2 Å². The number of nitrogen functional groups attached to an aromatic ring is 1. The Morgan fingerprint density at radius 3 is 2.05 bits per heavy atom. The van der Waals surface area contributed by atoms with Crippen molar-refractivity contribution in [2.75, 3.05) is 25.6 Å². The number of hydrogen-bond acceptors (Lipinski definition) is 4. The Bertz CT molecular complexity index is 540. The molecule has 0 aliphatic rings. The topological polar surface area (TPSA) is 53.7 Å². The van der Waals surface area contributed by atoms with Crippen molar-refractivity contribution in [2.45, 2.75) is 13.3 Å². The van der Waals surface area contributed by atoms with Crippen LogP contribution in [0.2, 0.25) is 0 Å². The standard InChI is InChI=1S/C17H21NO3/c1-2-19-15-7-9-16(10-8-15)20-11-4-12-21-17-6-3-5-14(18)13-17/h3,5-10,13H,2,4,11-12,18H2,1H3. The van der Waals surface area contributed by atoms with Gasteiger partial charge in [0.2, 0.25) is 0 Å². The molecule has 0 atom stereocenters. The van der Waals surface area contributed by atoms with Gasteiger partial charge in [-0.05, 0) is 43.3 Å². The molecule has 0 fully saturated rings. The first kappa shape index (κ1) is 15.0. The molecule has 0 aliphatic heterocycles. The van der Waals surface area contributed by atoms with E-state index in [2.05, 4.69) is 0 Å². The molecule has 0 aliphatic carbocycles. The molecular formula is C17H21NO3. The van der Waals surface area contributed by atoms with E-state index in [0.29, 0.717) is 25.5 Å². The van der Waals surface area contributed by atoms with Crippen molar-refractivity contribution in [1.82, 2.24) is 0 Å². The van der Waals surface area contributed by atoms with Gasteiger partial charge in [0.25, 0.3) is 0 Å². The number of benzene rings is 2. The van der Waals surface area contributed by atoms with E-state index in [1.54, 1.807) is 0 Å². The van der Waals surface area contributed by atoms with Gasteiger partial charge in [-0.15, -0.1) is 0 Å². The van der Waals surface area contributed by atoms with Crippen LogP contribution in [0.1, 0.15) is 13.3 Å². The molecule has 0 radical (unpaired) electrons. The van der Waals surface area contributed by atoms with E-state index in [1.807, 2.05) is 55.5 Å². The van der Waals surface area contributed by atoms with Gasteiger partial charge in [-0.3, -0.25) is 0 Å². The highest BCUT2D eigenvalue weighted by Crippen LogP contribution is 2.18. The van der Waals surface area contributed by atoms with Gasteiger partial charge in [-0.1, -0.05) is 6.07 Å². The van der Waals surface area contributed by atoms with Crippen molar-refractivity contribution < 1.29 is 14.2 Å². The zero-order chi connectivity index (χ0) is 14.9. The lowest BCUT2D eigenvalue weighted by Gasteiger charge is -2.09. The van der Waals surface area contributed by atoms with E-state index in [4.69, 9.17) is 19.9 Å². The van der Waals surface area contributed by atoms with Crippen LogP contribution in [-0.2, 0) is 0 Å². The van der Waals surface area contributed by atoms with Crippen LogP contribution in [0, 0.1) is 0 Å². The van der Waals surface area contributed by atoms with E-state index in [0.717, 1.165) is 23.7 Å². The van der Waals surface area contributed by atoms with E-state index in [1.165, 1.54) is 0 Å². The second-order valence-electron chi connectivity index (χ2n) is 4.53. The van der Waals surface area contributed by atoms with Crippen LogP contribution in [0.3, 0.4) is 0 Å². The van der Waals surface area contributed by atoms with Crippen molar-refractivity contribution in [3.8, 4) is 17.2 Å². The number of ether oxygens (including phenoxy) is 3. The summed E-state index contributed by atoms with van der Waals surface area (Å²) in [7, 11) is 0. The average Bonchev–Trinajstić information content (AvgIpc) is 2.49. The van der Waals surface area contributed by atoms with Crippen molar-refractivity contribution in [3.05, 3.63) is 48.5 Å². The third-order valence-corrected chi connectivity index (χ3v) is 2.82. The molecule has 2 rings (SSSR count). The maximum atomic E-state index is 5.68. The fraction of sp³-hybridized carbons (Fsp3) is 0.294. The molecule has 2 aromatic rings. The monoisotopic (exact) mass is 287 g/mol. The van der Waals surface area contributed by atoms with Crippen LogP contribution < -0.4 is 19.9 Å². The first-order chi connectivity index (χ1) is 10.3. The number of hydrogen-bond donors (Lipinski definition) is 1. The third kappa shape index (κ3) is 5.26. The van der Waals surface area contributed by atoms with E-state index in [-0.39, 0.29) is 0 Å². The molecule has 0 unspecified atom stereocenters. The fourth-order valence-electron chi connectivity index (χ4n) is 1.84. The minimum atomic E-state index is 0.598. The minimum Gasteiger partial charge on any atom is -0.494 e. The zero-order valence-corrected chi connectivity index (χ0v) is 12.2. The van der Waals surface area contributed by atoms with Gasteiger partial charge in [0.15, 0.2) is 0 Å². The predicted octanol–water partition coefficient (Wildman–Crippen LogP) is 3.52. The van der Waals surface area contributed by atoms with Gasteiger partial charge in [-0.2, -0.15) is 0 Å². The van der Waals surface area contributed by atoms with Crippen molar-refractivity contribution in [2.24, 2.45) is 0 Å². The Balaban J connectivity index is 1.65. The molecule has 2 aromatic carbocycles. The Labute approximate surface area is 125 Å². The Morgan fingerprint density at radius 2 is 1.43 bits per heavy atom. The smallest absolute Gasteiger partial charge is 0.121 e. The van der Waals surface area contributed by atoms with Gasteiger partial charge in [-0.25, -0.2) is 0 Å². The van der Waals surface area contributed by atoms with Crippen LogP contribution in [-0.4, -0.2) is 19.8 Å². The first-order valence-corrected chi connectivity index (χ1v) is 7.12. The quantitative estimate of drug-likeness (QED) is 0.596. The normalized spacial score (nSPS) is 10.1. The summed E-state index contributed by atoms with van der Waals surface area (Å²) in [6.07, 6.45) is 0.808. The molecule has 0 heterocycles. The molecule has 0 spiro atoms. The third-order valence-electron chi connectivity index (χ3n) is 2.82. The molecule has 2 N–H and O–H groups in total. The highest BCUT2D eigenvalue weighted by atomic mass is 16.5. The minimum absolute atomic E-state index is 0.598. The summed E-state index contributed by atoms with van der Waals surface area (Å²) < 4.78 is 16.6. The molecule has 4 nitrogen and oxygen atoms in total. The Hall–Kier alpha value is -2.36. The van der Waals surface area contributed by atoms with E-state index < -0.39 is 0 Å². The molecular weight excluding hydrogens is 266 g/mol. The molecule has 0 saturated heterocycles. The molecule has 0 amide bonds. The molecule has 4 heteroatoms. The second kappa shape index (κ2) is 8.04. The van der Waals surface area contributed by atoms with Gasteiger partial charge < -0.3 is 19.9 Å². The lowest BCUT2D eigenvalue weighted by Crippen LogP contribution is -2.05. The molecule has 0 aromatic heterocycles. The largest absolute Gasteiger partial charge is 0.494 e. The van der Waals surface area contributed by atoms with Crippen LogP contribution in [0.15, 0.2) is 48.5 Å². The fourth-order valence-corrected chi connectivity index (χ4v) is 1.84. The first-order valence-electron chi connectivity index (χ1n) is 7.12. The lowest BCUT2D eigenvalue weighted by atomic mass is 10.3. The van der Waals surface area contributed by atoms with Gasteiger partial charge >= 0.3 is 0 Å². The molecule has 112 valence electrons. The SMILES string of the molecule is CCOc1ccc(OCCCOc2cccc(N)c2)cc1. The van der Waals surface area contributed by atoms with Gasteiger partial charge in [0.05, 0.1) is 19.8 Å². The second-order valence-corrected chi connectivity index (χ2v) is 4.53. The number of anilines is 1. The van der Waals surface area contributed by atoms with E-state index >= 15 is 0 Å². The van der Waals surface area contributed by atoms with Crippen LogP contribution in [0.5, 0.6) is 17.2 Å². The zero-order valence-electron chi connectivity index (χ0n) is 12.2. The average molecular weight is 287 g/mol. The van der Waals surface area contributed by atoms with Crippen molar-refractivity contribution in [1.29, 1.82) is 0 Å². The summed E-state index contributed by atoms with van der Waals surface area (Å²) >= 11 is 0. The van der Waals surface area contributed by atoms with Crippen LogP contribution >= 0.6 is 0 Å². The summed E-state index contributed by atoms with van der Waals surface area (Å²) in [6, 6.07) is 15.0.